The van der Waals surface area contributed by atoms with Crippen LogP contribution in [0.5, 0.6) is 0 Å². The number of nitrogen functional groups attached to an aromatic ring is 1. The number of aromatic nitrogens is 1. The maximum atomic E-state index is 12.3. The zero-order chi connectivity index (χ0) is 14.9. The van der Waals surface area contributed by atoms with E-state index in [1.165, 1.54) is 17.4 Å². The van der Waals surface area contributed by atoms with E-state index in [1.54, 1.807) is 13.0 Å². The van der Waals surface area contributed by atoms with Crippen molar-refractivity contribution in [3.63, 3.8) is 0 Å². The average Bonchev–Trinajstić information content (AvgIpc) is 2.77. The first-order valence-electron chi connectivity index (χ1n) is 6.07. The fraction of sp³-hybridized carbons (Fsp3) is 0.308. The van der Waals surface area contributed by atoms with E-state index in [0.29, 0.717) is 11.3 Å². The predicted octanol–water partition coefficient (Wildman–Crippen LogP) is 2.13. The third kappa shape index (κ3) is 3.17. The van der Waals surface area contributed by atoms with Gasteiger partial charge in [0, 0.05) is 16.8 Å². The van der Waals surface area contributed by atoms with Crippen LogP contribution in [-0.2, 0) is 16.6 Å². The molecule has 0 amide bonds. The minimum atomic E-state index is -3.59. The summed E-state index contributed by atoms with van der Waals surface area (Å²) in [5.74, 6) is 0. The van der Waals surface area contributed by atoms with Gasteiger partial charge < -0.3 is 5.73 Å². The van der Waals surface area contributed by atoms with Crippen LogP contribution in [0.1, 0.15) is 21.8 Å². The Balaban J connectivity index is 2.27. The summed E-state index contributed by atoms with van der Waals surface area (Å²) in [6, 6.07) is 3.25. The number of aryl methyl sites for hydroxylation is 2. The minimum Gasteiger partial charge on any atom is -0.399 e. The Morgan fingerprint density at radius 2 is 2.00 bits per heavy atom. The highest BCUT2D eigenvalue weighted by atomic mass is 32.2. The molecule has 0 aliphatic carbocycles. The number of sulfonamides is 1. The second-order valence-electron chi connectivity index (χ2n) is 4.67. The van der Waals surface area contributed by atoms with E-state index in [2.05, 4.69) is 9.71 Å². The van der Waals surface area contributed by atoms with Crippen molar-refractivity contribution in [3.8, 4) is 0 Å². The monoisotopic (exact) mass is 311 g/mol. The maximum Gasteiger partial charge on any atom is 0.241 e. The fourth-order valence-corrected chi connectivity index (χ4v) is 3.99. The highest BCUT2D eigenvalue weighted by Crippen LogP contribution is 2.22. The number of hydrogen-bond donors (Lipinski definition) is 2. The first-order chi connectivity index (χ1) is 9.29. The van der Waals surface area contributed by atoms with Crippen LogP contribution in [0.2, 0.25) is 0 Å². The molecule has 0 unspecified atom stereocenters. The molecule has 20 heavy (non-hydrogen) atoms. The lowest BCUT2D eigenvalue weighted by Crippen LogP contribution is -2.24. The fourth-order valence-electron chi connectivity index (χ4n) is 1.85. The Morgan fingerprint density at radius 3 is 2.60 bits per heavy atom. The van der Waals surface area contributed by atoms with Gasteiger partial charge in [0.25, 0.3) is 0 Å². The number of rotatable bonds is 4. The molecular weight excluding hydrogens is 294 g/mol. The molecule has 0 fully saturated rings. The molecule has 2 aromatic rings. The summed E-state index contributed by atoms with van der Waals surface area (Å²) in [7, 11) is -3.59. The van der Waals surface area contributed by atoms with E-state index >= 15 is 0 Å². The smallest absolute Gasteiger partial charge is 0.241 e. The van der Waals surface area contributed by atoms with Crippen molar-refractivity contribution in [1.82, 2.24) is 9.71 Å². The average molecular weight is 311 g/mol. The van der Waals surface area contributed by atoms with Crippen molar-refractivity contribution < 1.29 is 8.42 Å². The molecular formula is C13H17N3O2S2. The summed E-state index contributed by atoms with van der Waals surface area (Å²) >= 11 is 1.43. The lowest BCUT2D eigenvalue weighted by Gasteiger charge is -2.11. The maximum absolute atomic E-state index is 12.3. The van der Waals surface area contributed by atoms with Gasteiger partial charge in [0.1, 0.15) is 5.01 Å². The molecule has 0 aliphatic rings. The third-order valence-electron chi connectivity index (χ3n) is 3.01. The zero-order valence-corrected chi connectivity index (χ0v) is 13.2. The number of thiazole rings is 1. The number of nitrogens with zero attached hydrogens (tertiary/aromatic N) is 1. The number of hydrogen-bond acceptors (Lipinski definition) is 5. The van der Waals surface area contributed by atoms with Crippen LogP contribution in [-0.4, -0.2) is 13.4 Å². The Hall–Kier alpha value is -1.44. The van der Waals surface area contributed by atoms with Gasteiger partial charge in [-0.25, -0.2) is 18.1 Å². The Labute approximate surface area is 122 Å². The van der Waals surface area contributed by atoms with Crippen molar-refractivity contribution in [1.29, 1.82) is 0 Å². The molecule has 0 saturated carbocycles. The quantitative estimate of drug-likeness (QED) is 0.847. The van der Waals surface area contributed by atoms with Crippen LogP contribution < -0.4 is 10.5 Å². The van der Waals surface area contributed by atoms with Crippen molar-refractivity contribution >= 4 is 27.0 Å². The van der Waals surface area contributed by atoms with E-state index in [9.17, 15) is 8.42 Å². The van der Waals surface area contributed by atoms with Crippen LogP contribution in [0, 0.1) is 20.8 Å². The molecule has 7 heteroatoms. The summed E-state index contributed by atoms with van der Waals surface area (Å²) in [5.41, 5.74) is 8.63. The lowest BCUT2D eigenvalue weighted by atomic mass is 10.1. The van der Waals surface area contributed by atoms with Crippen molar-refractivity contribution in [2.75, 3.05) is 5.73 Å². The van der Waals surface area contributed by atoms with Gasteiger partial charge in [-0.2, -0.15) is 0 Å². The van der Waals surface area contributed by atoms with Gasteiger partial charge in [-0.05, 0) is 44.0 Å². The third-order valence-corrected chi connectivity index (χ3v) is 5.51. The van der Waals surface area contributed by atoms with Crippen LogP contribution in [0.4, 0.5) is 5.69 Å². The van der Waals surface area contributed by atoms with E-state index in [0.717, 1.165) is 16.3 Å². The molecule has 108 valence electrons. The molecule has 1 aromatic carbocycles. The molecule has 1 aromatic heterocycles. The first-order valence-corrected chi connectivity index (χ1v) is 8.43. The van der Waals surface area contributed by atoms with E-state index in [-0.39, 0.29) is 11.4 Å². The topological polar surface area (TPSA) is 85.1 Å². The lowest BCUT2D eigenvalue weighted by molar-refractivity contribution is 0.580. The van der Waals surface area contributed by atoms with Gasteiger partial charge in [-0.15, -0.1) is 11.3 Å². The largest absolute Gasteiger partial charge is 0.399 e. The van der Waals surface area contributed by atoms with Gasteiger partial charge >= 0.3 is 0 Å². The van der Waals surface area contributed by atoms with Crippen molar-refractivity contribution in [3.05, 3.63) is 39.3 Å². The summed E-state index contributed by atoms with van der Waals surface area (Å²) in [6.07, 6.45) is 0. The summed E-state index contributed by atoms with van der Waals surface area (Å²) < 4.78 is 27.3. The second kappa shape index (κ2) is 5.51. The molecule has 0 radical (unpaired) electrons. The molecule has 0 spiro atoms. The number of anilines is 1. The van der Waals surface area contributed by atoms with Crippen molar-refractivity contribution in [2.24, 2.45) is 0 Å². The molecule has 5 nitrogen and oxygen atoms in total. The van der Waals surface area contributed by atoms with Crippen LogP contribution in [0.3, 0.4) is 0 Å². The molecule has 3 N–H and O–H groups in total. The van der Waals surface area contributed by atoms with E-state index < -0.39 is 10.0 Å². The van der Waals surface area contributed by atoms with Crippen LogP contribution in [0.25, 0.3) is 0 Å². The summed E-state index contributed by atoms with van der Waals surface area (Å²) in [5, 5.41) is 2.63. The molecule has 0 bridgehead atoms. The number of benzene rings is 1. The Bertz CT molecular complexity index is 736. The standard InChI is InChI=1S/C13H17N3O2S2/c1-8-4-11(14)5-12(10(8)3)20(17,18)15-6-13-16-9(2)7-19-13/h4-5,7,15H,6,14H2,1-3H3. The Kier molecular flexibility index (Phi) is 4.12. The van der Waals surface area contributed by atoms with Crippen molar-refractivity contribution in [2.45, 2.75) is 32.2 Å². The highest BCUT2D eigenvalue weighted by Gasteiger charge is 2.18. The Morgan fingerprint density at radius 1 is 1.30 bits per heavy atom. The van der Waals surface area contributed by atoms with Gasteiger partial charge in [0.15, 0.2) is 0 Å². The normalized spacial score (nSPS) is 11.8. The molecule has 0 aliphatic heterocycles. The SMILES string of the molecule is Cc1csc(CNS(=O)(=O)c2cc(N)cc(C)c2C)n1. The molecule has 2 rings (SSSR count). The first kappa shape index (κ1) is 15.0. The van der Waals surface area contributed by atoms with Gasteiger partial charge in [0.2, 0.25) is 10.0 Å². The van der Waals surface area contributed by atoms with Gasteiger partial charge in [-0.3, -0.25) is 0 Å². The highest BCUT2D eigenvalue weighted by molar-refractivity contribution is 7.89. The van der Waals surface area contributed by atoms with Gasteiger partial charge in [0.05, 0.1) is 11.4 Å². The zero-order valence-electron chi connectivity index (χ0n) is 11.6. The molecule has 0 atom stereocenters. The van der Waals surface area contributed by atoms with Crippen LogP contribution >= 0.6 is 11.3 Å². The van der Waals surface area contributed by atoms with Crippen LogP contribution in [0.15, 0.2) is 22.4 Å². The van der Waals surface area contributed by atoms with E-state index in [1.807, 2.05) is 19.2 Å². The molecule has 0 saturated heterocycles. The van der Waals surface area contributed by atoms with E-state index in [4.69, 9.17) is 5.73 Å². The second-order valence-corrected chi connectivity index (χ2v) is 7.35. The molecule has 1 heterocycles. The van der Waals surface area contributed by atoms with Gasteiger partial charge in [-0.1, -0.05) is 0 Å². The number of nitrogens with one attached hydrogen (secondary N) is 1. The minimum absolute atomic E-state index is 0.189. The number of nitrogens with two attached hydrogens (primary N) is 1. The summed E-state index contributed by atoms with van der Waals surface area (Å²) in [6.45, 7) is 5.68. The summed E-state index contributed by atoms with van der Waals surface area (Å²) in [4.78, 5) is 4.46. The predicted molar refractivity (Wildman–Crippen MR) is 81.2 cm³/mol.